The standard InChI is InChI=1S/C10H21NO3S/c1-2-11(8-9-15(12,13)14)10-6-4-3-5-7-10/h10H,2-9H2,1H3,(H,12,13,14)/p-1. The summed E-state index contributed by atoms with van der Waals surface area (Å²) in [6.07, 6.45) is 6.03. The van der Waals surface area contributed by atoms with E-state index in [1.54, 1.807) is 0 Å². The van der Waals surface area contributed by atoms with Gasteiger partial charge in [-0.3, -0.25) is 4.90 Å². The van der Waals surface area contributed by atoms with Crippen LogP contribution < -0.4 is 0 Å². The summed E-state index contributed by atoms with van der Waals surface area (Å²) in [4.78, 5) is 2.13. The molecule has 1 fully saturated rings. The van der Waals surface area contributed by atoms with E-state index in [0.717, 1.165) is 19.4 Å². The molecule has 0 N–H and O–H groups in total. The summed E-state index contributed by atoms with van der Waals surface area (Å²) in [6.45, 7) is 3.25. The highest BCUT2D eigenvalue weighted by Crippen LogP contribution is 2.22. The quantitative estimate of drug-likeness (QED) is 0.670. The first-order valence-electron chi connectivity index (χ1n) is 5.70. The van der Waals surface area contributed by atoms with E-state index in [-0.39, 0.29) is 5.75 Å². The zero-order chi connectivity index (χ0) is 11.3. The van der Waals surface area contributed by atoms with E-state index in [0.29, 0.717) is 12.6 Å². The number of nitrogens with zero attached hydrogens (tertiary/aromatic N) is 1. The predicted molar refractivity (Wildman–Crippen MR) is 58.7 cm³/mol. The number of hydrogen-bond acceptors (Lipinski definition) is 4. The van der Waals surface area contributed by atoms with Crippen LogP contribution >= 0.6 is 0 Å². The van der Waals surface area contributed by atoms with E-state index in [1.807, 2.05) is 6.92 Å². The summed E-state index contributed by atoms with van der Waals surface area (Å²) >= 11 is 0. The average molecular weight is 234 g/mol. The van der Waals surface area contributed by atoms with Crippen molar-refractivity contribution < 1.29 is 13.0 Å². The lowest BCUT2D eigenvalue weighted by atomic mass is 9.94. The molecule has 0 spiro atoms. The van der Waals surface area contributed by atoms with Gasteiger partial charge in [0.1, 0.15) is 0 Å². The largest absolute Gasteiger partial charge is 0.748 e. The second-order valence-corrected chi connectivity index (χ2v) is 5.71. The molecule has 0 aliphatic heterocycles. The molecule has 0 saturated heterocycles. The summed E-state index contributed by atoms with van der Waals surface area (Å²) in [5.41, 5.74) is 0. The highest BCUT2D eigenvalue weighted by Gasteiger charge is 2.19. The fourth-order valence-electron chi connectivity index (χ4n) is 2.27. The van der Waals surface area contributed by atoms with E-state index in [4.69, 9.17) is 0 Å². The van der Waals surface area contributed by atoms with Gasteiger partial charge in [0.25, 0.3) is 0 Å². The molecule has 1 rings (SSSR count). The molecular weight excluding hydrogens is 214 g/mol. The lowest BCUT2D eigenvalue weighted by molar-refractivity contribution is 0.172. The molecule has 15 heavy (non-hydrogen) atoms. The maximum atomic E-state index is 10.6. The molecule has 1 aliphatic rings. The van der Waals surface area contributed by atoms with Crippen LogP contribution in [0.3, 0.4) is 0 Å². The summed E-state index contributed by atoms with van der Waals surface area (Å²) < 4.78 is 31.7. The van der Waals surface area contributed by atoms with Crippen molar-refractivity contribution in [2.75, 3.05) is 18.8 Å². The molecule has 0 aromatic rings. The lowest BCUT2D eigenvalue weighted by Crippen LogP contribution is -2.39. The van der Waals surface area contributed by atoms with E-state index < -0.39 is 10.1 Å². The Morgan fingerprint density at radius 2 is 1.87 bits per heavy atom. The minimum atomic E-state index is -4.06. The Bertz CT molecular complexity index is 270. The van der Waals surface area contributed by atoms with Crippen molar-refractivity contribution in [3.05, 3.63) is 0 Å². The first kappa shape index (κ1) is 12.9. The SMILES string of the molecule is CCN(CCS(=O)(=O)[O-])C1CCCCC1. The maximum Gasteiger partial charge on any atom is 0.0958 e. The highest BCUT2D eigenvalue weighted by atomic mass is 32.2. The topological polar surface area (TPSA) is 60.4 Å². The number of hydrogen-bond donors (Lipinski definition) is 0. The van der Waals surface area contributed by atoms with Crippen molar-refractivity contribution in [1.29, 1.82) is 0 Å². The van der Waals surface area contributed by atoms with Crippen molar-refractivity contribution in [3.63, 3.8) is 0 Å². The first-order chi connectivity index (χ1) is 7.03. The van der Waals surface area contributed by atoms with Crippen LogP contribution in [0.4, 0.5) is 0 Å². The van der Waals surface area contributed by atoms with Crippen LogP contribution in [0.2, 0.25) is 0 Å². The molecule has 5 heteroatoms. The van der Waals surface area contributed by atoms with Gasteiger partial charge in [-0.15, -0.1) is 0 Å². The van der Waals surface area contributed by atoms with Gasteiger partial charge < -0.3 is 4.55 Å². The molecule has 0 amide bonds. The molecule has 0 aromatic heterocycles. The van der Waals surface area contributed by atoms with Gasteiger partial charge in [0.2, 0.25) is 0 Å². The van der Waals surface area contributed by atoms with Crippen molar-refractivity contribution >= 4 is 10.1 Å². The summed E-state index contributed by atoms with van der Waals surface area (Å²) in [6, 6.07) is 0.491. The minimum Gasteiger partial charge on any atom is -0.748 e. The van der Waals surface area contributed by atoms with E-state index in [9.17, 15) is 13.0 Å². The maximum absolute atomic E-state index is 10.6. The Balaban J connectivity index is 2.40. The third-order valence-corrected chi connectivity index (χ3v) is 3.81. The van der Waals surface area contributed by atoms with Gasteiger partial charge in [-0.2, -0.15) is 0 Å². The van der Waals surface area contributed by atoms with Crippen LogP contribution in [0.15, 0.2) is 0 Å². The molecule has 0 unspecified atom stereocenters. The normalized spacial score (nSPS) is 19.7. The minimum absolute atomic E-state index is 0.253. The van der Waals surface area contributed by atoms with Crippen molar-refractivity contribution in [2.24, 2.45) is 0 Å². The van der Waals surface area contributed by atoms with Crippen LogP contribution in [0, 0.1) is 0 Å². The van der Waals surface area contributed by atoms with Gasteiger partial charge in [-0.1, -0.05) is 26.2 Å². The fourth-order valence-corrected chi connectivity index (χ4v) is 2.73. The second-order valence-electron chi connectivity index (χ2n) is 4.18. The Morgan fingerprint density at radius 3 is 2.33 bits per heavy atom. The second kappa shape index (κ2) is 5.82. The van der Waals surface area contributed by atoms with Gasteiger partial charge >= 0.3 is 0 Å². The Kier molecular flexibility index (Phi) is 5.02. The van der Waals surface area contributed by atoms with Crippen LogP contribution in [0.5, 0.6) is 0 Å². The Labute approximate surface area is 92.4 Å². The highest BCUT2D eigenvalue weighted by molar-refractivity contribution is 7.85. The van der Waals surface area contributed by atoms with Crippen LogP contribution in [0.1, 0.15) is 39.0 Å². The smallest absolute Gasteiger partial charge is 0.0958 e. The summed E-state index contributed by atoms with van der Waals surface area (Å²) in [5.74, 6) is -0.253. The van der Waals surface area contributed by atoms with Crippen LogP contribution in [-0.2, 0) is 10.1 Å². The molecular formula is C10H20NO3S-. The molecule has 0 radical (unpaired) electrons. The van der Waals surface area contributed by atoms with Crippen molar-refractivity contribution in [2.45, 2.75) is 45.1 Å². The molecule has 1 saturated carbocycles. The van der Waals surface area contributed by atoms with Crippen molar-refractivity contribution in [3.8, 4) is 0 Å². The van der Waals surface area contributed by atoms with Crippen LogP contribution in [0.25, 0.3) is 0 Å². The summed E-state index contributed by atoms with van der Waals surface area (Å²) in [5, 5.41) is 0. The Hall–Kier alpha value is -0.130. The average Bonchev–Trinajstić information content (AvgIpc) is 2.19. The lowest BCUT2D eigenvalue weighted by Gasteiger charge is -2.33. The van der Waals surface area contributed by atoms with Gasteiger partial charge in [0.05, 0.1) is 15.9 Å². The van der Waals surface area contributed by atoms with E-state index >= 15 is 0 Å². The van der Waals surface area contributed by atoms with Crippen LogP contribution in [-0.4, -0.2) is 42.8 Å². The predicted octanol–water partition coefficient (Wildman–Crippen LogP) is 1.19. The van der Waals surface area contributed by atoms with E-state index in [1.165, 1.54) is 19.3 Å². The van der Waals surface area contributed by atoms with Crippen molar-refractivity contribution in [1.82, 2.24) is 4.90 Å². The van der Waals surface area contributed by atoms with Gasteiger partial charge in [0, 0.05) is 12.6 Å². The van der Waals surface area contributed by atoms with Gasteiger partial charge in [-0.25, -0.2) is 8.42 Å². The molecule has 90 valence electrons. The van der Waals surface area contributed by atoms with Gasteiger partial charge in [0.15, 0.2) is 0 Å². The van der Waals surface area contributed by atoms with Gasteiger partial charge in [-0.05, 0) is 19.4 Å². The number of rotatable bonds is 5. The monoisotopic (exact) mass is 234 g/mol. The summed E-state index contributed by atoms with van der Waals surface area (Å²) in [7, 11) is -4.06. The molecule has 0 atom stereocenters. The zero-order valence-electron chi connectivity index (χ0n) is 9.31. The van der Waals surface area contributed by atoms with E-state index in [2.05, 4.69) is 4.90 Å². The fraction of sp³-hybridized carbons (Fsp3) is 1.00. The molecule has 1 aliphatic carbocycles. The molecule has 0 aromatic carbocycles. The molecule has 4 nitrogen and oxygen atoms in total. The first-order valence-corrected chi connectivity index (χ1v) is 7.28. The molecule has 0 heterocycles. The third-order valence-electron chi connectivity index (χ3n) is 3.13. The zero-order valence-corrected chi connectivity index (χ0v) is 10.1. The Morgan fingerprint density at radius 1 is 1.27 bits per heavy atom. The third kappa shape index (κ3) is 4.95. The molecule has 0 bridgehead atoms.